The van der Waals surface area contributed by atoms with Crippen LogP contribution in [0.4, 0.5) is 22.1 Å². The van der Waals surface area contributed by atoms with Crippen LogP contribution in [0.25, 0.3) is 0 Å². The molecule has 2 aliphatic heterocycles. The maximum absolute atomic E-state index is 13.4. The molecule has 0 radical (unpaired) electrons. The normalized spacial score (nSPS) is 17.0. The minimum atomic E-state index is -0.652. The van der Waals surface area contributed by atoms with Gasteiger partial charge in [0.15, 0.2) is 0 Å². The Labute approximate surface area is 197 Å². The van der Waals surface area contributed by atoms with Gasteiger partial charge in [0, 0.05) is 45.0 Å². The number of nitriles is 1. The zero-order valence-electron chi connectivity index (χ0n) is 18.8. The monoisotopic (exact) mass is 466 g/mol. The van der Waals surface area contributed by atoms with E-state index in [0.717, 1.165) is 6.42 Å². The molecule has 0 bridgehead atoms. The average Bonchev–Trinajstić information content (AvgIpc) is 3.58. The first kappa shape index (κ1) is 23.3. The van der Waals surface area contributed by atoms with E-state index >= 15 is 0 Å². The zero-order valence-corrected chi connectivity index (χ0v) is 18.8. The van der Waals surface area contributed by atoms with Crippen LogP contribution in [-0.2, 0) is 18.9 Å². The lowest BCUT2D eigenvalue weighted by atomic mass is 10.1. The van der Waals surface area contributed by atoms with E-state index in [9.17, 15) is 10.1 Å². The van der Waals surface area contributed by atoms with Crippen molar-refractivity contribution in [3.8, 4) is 6.07 Å². The number of pyridine rings is 2. The number of anilines is 3. The third-order valence-corrected chi connectivity index (χ3v) is 5.32. The first-order valence-electron chi connectivity index (χ1n) is 10.9. The van der Waals surface area contributed by atoms with Crippen LogP contribution in [0.2, 0.25) is 0 Å². The molecular weight excluding hydrogens is 440 g/mol. The highest BCUT2D eigenvalue weighted by Gasteiger charge is 2.26. The second-order valence-electron chi connectivity index (χ2n) is 7.71. The van der Waals surface area contributed by atoms with Crippen molar-refractivity contribution in [1.29, 1.82) is 5.26 Å². The molecule has 0 saturated carbocycles. The summed E-state index contributed by atoms with van der Waals surface area (Å²) < 4.78 is 21.3. The highest BCUT2D eigenvalue weighted by atomic mass is 16.7. The van der Waals surface area contributed by atoms with Gasteiger partial charge in [0.25, 0.3) is 6.29 Å². The fraction of sp³-hybridized carbons (Fsp3) is 0.391. The smallest absolute Gasteiger partial charge is 0.328 e. The van der Waals surface area contributed by atoms with Gasteiger partial charge < -0.3 is 24.3 Å². The van der Waals surface area contributed by atoms with Crippen LogP contribution in [0.3, 0.4) is 0 Å². The first-order chi connectivity index (χ1) is 16.7. The molecule has 1 unspecified atom stereocenters. The van der Waals surface area contributed by atoms with Crippen LogP contribution in [0, 0.1) is 17.2 Å². The number of carbonyl (C=O) groups excluding carboxylic acids is 1. The third kappa shape index (κ3) is 5.72. The van der Waals surface area contributed by atoms with Gasteiger partial charge in [-0.3, -0.25) is 10.2 Å². The molecule has 2 amide bonds. The van der Waals surface area contributed by atoms with E-state index in [2.05, 4.69) is 26.7 Å². The van der Waals surface area contributed by atoms with Crippen molar-refractivity contribution in [3.63, 3.8) is 0 Å². The Bertz CT molecular complexity index is 1060. The Morgan fingerprint density at radius 1 is 1.35 bits per heavy atom. The van der Waals surface area contributed by atoms with Gasteiger partial charge in [0.2, 0.25) is 0 Å². The van der Waals surface area contributed by atoms with Gasteiger partial charge in [0.1, 0.15) is 35.9 Å². The number of hydrogen-bond acceptors (Lipinski definition) is 9. The first-order valence-corrected chi connectivity index (χ1v) is 10.9. The summed E-state index contributed by atoms with van der Waals surface area (Å²) in [6, 6.07) is 8.64. The Hall–Kier alpha value is -3.88. The van der Waals surface area contributed by atoms with Gasteiger partial charge in [-0.05, 0) is 18.6 Å². The molecule has 0 aliphatic carbocycles. The fourth-order valence-corrected chi connectivity index (χ4v) is 3.59. The van der Waals surface area contributed by atoms with Crippen molar-refractivity contribution in [1.82, 2.24) is 9.97 Å². The molecule has 2 N–H and O–H groups in total. The molecule has 0 aromatic carbocycles. The second-order valence-corrected chi connectivity index (χ2v) is 7.71. The summed E-state index contributed by atoms with van der Waals surface area (Å²) in [5, 5.41) is 15.3. The standard InChI is InChI=1S/C23H26N6O5/c1-31-8-6-25-19-11-20(26-13-17(19)12-24)28-23(30)29(14-16-5-7-32-15-16)21-4-2-3-18(27-21)22-33-9-10-34-22/h2-4,9-11,13,16,22H,5-8,14-15H2,1H3,(H2,25,26,28,30). The van der Waals surface area contributed by atoms with Gasteiger partial charge in [-0.2, -0.15) is 5.26 Å². The molecular formula is C23H26N6O5. The summed E-state index contributed by atoms with van der Waals surface area (Å²) >= 11 is 0. The number of ether oxygens (including phenoxy) is 4. The third-order valence-electron chi connectivity index (χ3n) is 5.32. The van der Waals surface area contributed by atoms with E-state index in [-0.39, 0.29) is 5.92 Å². The molecule has 178 valence electrons. The topological polar surface area (TPSA) is 131 Å². The van der Waals surface area contributed by atoms with Crippen molar-refractivity contribution in [2.45, 2.75) is 12.7 Å². The summed E-state index contributed by atoms with van der Waals surface area (Å²) in [6.45, 7) is 2.63. The van der Waals surface area contributed by atoms with E-state index in [0.29, 0.717) is 61.5 Å². The minimum absolute atomic E-state index is 0.178. The van der Waals surface area contributed by atoms with Crippen LogP contribution in [0.15, 0.2) is 43.0 Å². The van der Waals surface area contributed by atoms with Crippen LogP contribution in [0.1, 0.15) is 24.0 Å². The van der Waals surface area contributed by atoms with Crippen molar-refractivity contribution in [2.75, 3.05) is 55.6 Å². The number of rotatable bonds is 9. The van der Waals surface area contributed by atoms with Gasteiger partial charge in [-0.25, -0.2) is 14.8 Å². The lowest BCUT2D eigenvalue weighted by Crippen LogP contribution is -2.39. The number of urea groups is 1. The Morgan fingerprint density at radius 2 is 2.21 bits per heavy atom. The lowest BCUT2D eigenvalue weighted by molar-refractivity contribution is -0.0278. The van der Waals surface area contributed by atoms with Crippen LogP contribution >= 0.6 is 0 Å². The number of methoxy groups -OCH3 is 1. The van der Waals surface area contributed by atoms with Crippen molar-refractivity contribution in [3.05, 3.63) is 54.2 Å². The van der Waals surface area contributed by atoms with Crippen LogP contribution < -0.4 is 15.5 Å². The number of nitrogens with one attached hydrogen (secondary N) is 2. The molecule has 2 aromatic rings. The number of carbonyl (C=O) groups is 1. The molecule has 2 aromatic heterocycles. The molecule has 1 fully saturated rings. The molecule has 11 nitrogen and oxygen atoms in total. The number of amides is 2. The van der Waals surface area contributed by atoms with Crippen LogP contribution in [0.5, 0.6) is 0 Å². The molecule has 1 saturated heterocycles. The van der Waals surface area contributed by atoms with Gasteiger partial charge in [0.05, 0.1) is 24.5 Å². The van der Waals surface area contributed by atoms with Gasteiger partial charge in [-0.1, -0.05) is 6.07 Å². The Kier molecular flexibility index (Phi) is 7.75. The molecule has 0 spiro atoms. The minimum Gasteiger partial charge on any atom is -0.454 e. The molecule has 4 rings (SSSR count). The van der Waals surface area contributed by atoms with Crippen molar-refractivity contribution in [2.24, 2.45) is 5.92 Å². The summed E-state index contributed by atoms with van der Waals surface area (Å²) in [5.41, 5.74) is 1.47. The quantitative estimate of drug-likeness (QED) is 0.535. The summed E-state index contributed by atoms with van der Waals surface area (Å²) in [4.78, 5) is 23.8. The summed E-state index contributed by atoms with van der Waals surface area (Å²) in [6.07, 6.45) is 4.52. The van der Waals surface area contributed by atoms with Crippen molar-refractivity contribution >= 4 is 23.4 Å². The van der Waals surface area contributed by atoms with E-state index in [1.54, 1.807) is 36.3 Å². The van der Waals surface area contributed by atoms with Gasteiger partial charge >= 0.3 is 6.03 Å². The summed E-state index contributed by atoms with van der Waals surface area (Å²) in [7, 11) is 1.60. The number of nitrogens with zero attached hydrogens (tertiary/aromatic N) is 4. The zero-order chi connectivity index (χ0) is 23.8. The summed E-state index contributed by atoms with van der Waals surface area (Å²) in [5.74, 6) is 0.935. The van der Waals surface area contributed by atoms with E-state index in [4.69, 9.17) is 18.9 Å². The lowest BCUT2D eigenvalue weighted by Gasteiger charge is -2.25. The highest BCUT2D eigenvalue weighted by Crippen LogP contribution is 2.26. The largest absolute Gasteiger partial charge is 0.454 e. The van der Waals surface area contributed by atoms with E-state index < -0.39 is 12.3 Å². The predicted molar refractivity (Wildman–Crippen MR) is 123 cm³/mol. The predicted octanol–water partition coefficient (Wildman–Crippen LogP) is 3.00. The highest BCUT2D eigenvalue weighted by molar-refractivity contribution is 6.00. The number of hydrogen-bond donors (Lipinski definition) is 2. The van der Waals surface area contributed by atoms with Crippen LogP contribution in [-0.4, -0.2) is 56.0 Å². The Balaban J connectivity index is 1.55. The molecule has 1 atom stereocenters. The molecule has 2 aliphatic rings. The second kappa shape index (κ2) is 11.3. The maximum Gasteiger partial charge on any atom is 0.328 e. The Morgan fingerprint density at radius 3 is 2.94 bits per heavy atom. The average molecular weight is 466 g/mol. The van der Waals surface area contributed by atoms with E-state index in [1.807, 2.05) is 0 Å². The molecule has 34 heavy (non-hydrogen) atoms. The van der Waals surface area contributed by atoms with E-state index in [1.165, 1.54) is 18.7 Å². The van der Waals surface area contributed by atoms with Gasteiger partial charge in [-0.15, -0.1) is 0 Å². The SMILES string of the molecule is COCCNc1cc(NC(=O)N(CC2CCOC2)c2cccc(C3OC=CO3)n2)ncc1C#N. The van der Waals surface area contributed by atoms with Crippen molar-refractivity contribution < 1.29 is 23.7 Å². The number of aromatic nitrogens is 2. The fourth-order valence-electron chi connectivity index (χ4n) is 3.59. The maximum atomic E-state index is 13.4. The molecule has 4 heterocycles. The molecule has 11 heteroatoms.